The van der Waals surface area contributed by atoms with Gasteiger partial charge in [0.1, 0.15) is 0 Å². The van der Waals surface area contributed by atoms with Gasteiger partial charge >= 0.3 is 0 Å². The Morgan fingerprint density at radius 2 is 1.95 bits per heavy atom. The van der Waals surface area contributed by atoms with Crippen LogP contribution in [0, 0.1) is 5.92 Å². The Morgan fingerprint density at radius 3 is 2.57 bits per heavy atom. The van der Waals surface area contributed by atoms with Crippen LogP contribution in [0.1, 0.15) is 58.8 Å². The molecule has 0 radical (unpaired) electrons. The largest absolute Gasteiger partial charge is 0.393 e. The molecule has 122 valence electrons. The number of rotatable bonds is 5. The summed E-state index contributed by atoms with van der Waals surface area (Å²) in [5.41, 5.74) is 0. The lowest BCUT2D eigenvalue weighted by Crippen LogP contribution is -2.49. The highest BCUT2D eigenvalue weighted by Gasteiger charge is 2.28. The summed E-state index contributed by atoms with van der Waals surface area (Å²) < 4.78 is 0. The lowest BCUT2D eigenvalue weighted by molar-refractivity contribution is -0.135. The summed E-state index contributed by atoms with van der Waals surface area (Å²) in [5.74, 6) is 0.618. The average Bonchev–Trinajstić information content (AvgIpc) is 2.49. The van der Waals surface area contributed by atoms with Gasteiger partial charge < -0.3 is 10.0 Å². The fraction of sp³-hybridized carbons (Fsp3) is 0.941. The number of hydrogen-bond donors (Lipinski definition) is 1. The van der Waals surface area contributed by atoms with E-state index >= 15 is 0 Å². The topological polar surface area (TPSA) is 43.8 Å². The first-order valence-electron chi connectivity index (χ1n) is 8.81. The molecule has 0 aromatic heterocycles. The van der Waals surface area contributed by atoms with Gasteiger partial charge in [-0.2, -0.15) is 0 Å². The van der Waals surface area contributed by atoms with Crippen LogP contribution in [-0.2, 0) is 4.79 Å². The van der Waals surface area contributed by atoms with Gasteiger partial charge in [-0.25, -0.2) is 0 Å². The molecule has 2 unspecified atom stereocenters. The number of piperidine rings is 1. The fourth-order valence-corrected chi connectivity index (χ4v) is 3.94. The maximum absolute atomic E-state index is 12.6. The van der Waals surface area contributed by atoms with Gasteiger partial charge in [-0.15, -0.1) is 0 Å². The van der Waals surface area contributed by atoms with Crippen LogP contribution >= 0.6 is 0 Å². The quantitative estimate of drug-likeness (QED) is 0.846. The van der Waals surface area contributed by atoms with Crippen molar-refractivity contribution in [3.63, 3.8) is 0 Å². The standard InChI is InChI=1S/C17H32N2O2/c1-3-19(16-9-5-4-6-10-16)17(21)13-18-11-7-8-15(12-18)14(2)20/h14-16,20H,3-13H2,1-2H3. The van der Waals surface area contributed by atoms with Crippen LogP contribution in [-0.4, -0.2) is 59.1 Å². The molecule has 0 aromatic carbocycles. The van der Waals surface area contributed by atoms with E-state index in [1.807, 2.05) is 6.92 Å². The summed E-state index contributed by atoms with van der Waals surface area (Å²) in [6.45, 7) is 7.20. The second kappa shape index (κ2) is 8.14. The van der Waals surface area contributed by atoms with Crippen LogP contribution in [0.5, 0.6) is 0 Å². The highest BCUT2D eigenvalue weighted by atomic mass is 16.3. The molecule has 2 fully saturated rings. The lowest BCUT2D eigenvalue weighted by Gasteiger charge is -2.37. The molecule has 2 atom stereocenters. The van der Waals surface area contributed by atoms with Crippen molar-refractivity contribution in [3.05, 3.63) is 0 Å². The molecule has 1 saturated heterocycles. The normalized spacial score (nSPS) is 26.5. The molecule has 1 saturated carbocycles. The van der Waals surface area contributed by atoms with Gasteiger partial charge in [-0.1, -0.05) is 19.3 Å². The Bertz CT molecular complexity index is 327. The molecule has 1 amide bonds. The summed E-state index contributed by atoms with van der Waals surface area (Å²) in [6.07, 6.45) is 8.13. The van der Waals surface area contributed by atoms with E-state index in [9.17, 15) is 9.90 Å². The predicted octanol–water partition coefficient (Wildman–Crippen LogP) is 2.26. The maximum Gasteiger partial charge on any atom is 0.236 e. The minimum absolute atomic E-state index is 0.261. The number of likely N-dealkylation sites (N-methyl/N-ethyl adjacent to an activating group) is 1. The van der Waals surface area contributed by atoms with Crippen LogP contribution in [0.4, 0.5) is 0 Å². The molecule has 21 heavy (non-hydrogen) atoms. The van der Waals surface area contributed by atoms with Gasteiger partial charge in [0.05, 0.1) is 12.6 Å². The number of carbonyl (C=O) groups excluding carboxylic acids is 1. The van der Waals surface area contributed by atoms with Crippen molar-refractivity contribution in [2.24, 2.45) is 5.92 Å². The summed E-state index contributed by atoms with van der Waals surface area (Å²) in [5, 5.41) is 9.77. The summed E-state index contributed by atoms with van der Waals surface area (Å²) in [7, 11) is 0. The van der Waals surface area contributed by atoms with Crippen LogP contribution in [0.15, 0.2) is 0 Å². The van der Waals surface area contributed by atoms with Crippen molar-refractivity contribution in [1.82, 2.24) is 9.80 Å². The molecule has 1 heterocycles. The first kappa shape index (κ1) is 16.8. The molecular weight excluding hydrogens is 264 g/mol. The van der Waals surface area contributed by atoms with Gasteiger partial charge in [0.2, 0.25) is 5.91 Å². The third kappa shape index (κ3) is 4.68. The van der Waals surface area contributed by atoms with Crippen LogP contribution in [0.25, 0.3) is 0 Å². The van der Waals surface area contributed by atoms with Gasteiger partial charge in [0.15, 0.2) is 0 Å². The van der Waals surface area contributed by atoms with Gasteiger partial charge in [0.25, 0.3) is 0 Å². The molecule has 2 rings (SSSR count). The molecule has 4 heteroatoms. The predicted molar refractivity (Wildman–Crippen MR) is 85.1 cm³/mol. The zero-order chi connectivity index (χ0) is 15.2. The van der Waals surface area contributed by atoms with Crippen molar-refractivity contribution in [1.29, 1.82) is 0 Å². The Morgan fingerprint density at radius 1 is 1.24 bits per heavy atom. The highest BCUT2D eigenvalue weighted by molar-refractivity contribution is 5.78. The van der Waals surface area contributed by atoms with Crippen molar-refractivity contribution in [2.75, 3.05) is 26.2 Å². The molecule has 4 nitrogen and oxygen atoms in total. The summed E-state index contributed by atoms with van der Waals surface area (Å²) >= 11 is 0. The van der Waals surface area contributed by atoms with Gasteiger partial charge in [0, 0.05) is 19.1 Å². The van der Waals surface area contributed by atoms with E-state index in [0.717, 1.165) is 32.5 Å². The molecule has 0 bridgehead atoms. The third-order valence-electron chi connectivity index (χ3n) is 5.26. The Balaban J connectivity index is 1.86. The summed E-state index contributed by atoms with van der Waals surface area (Å²) in [4.78, 5) is 17.0. The van der Waals surface area contributed by atoms with E-state index in [-0.39, 0.29) is 12.0 Å². The van der Waals surface area contributed by atoms with Crippen molar-refractivity contribution < 1.29 is 9.90 Å². The third-order valence-corrected chi connectivity index (χ3v) is 5.26. The second-order valence-corrected chi connectivity index (χ2v) is 6.85. The molecule has 1 aliphatic carbocycles. The highest BCUT2D eigenvalue weighted by Crippen LogP contribution is 2.24. The molecule has 0 aromatic rings. The van der Waals surface area contributed by atoms with E-state index in [2.05, 4.69) is 16.7 Å². The molecule has 1 N–H and O–H groups in total. The number of nitrogens with zero attached hydrogens (tertiary/aromatic N) is 2. The molecular formula is C17H32N2O2. The maximum atomic E-state index is 12.6. The minimum atomic E-state index is -0.261. The molecule has 1 aliphatic heterocycles. The van der Waals surface area contributed by atoms with Gasteiger partial charge in [-0.3, -0.25) is 9.69 Å². The Kier molecular flexibility index (Phi) is 6.49. The fourth-order valence-electron chi connectivity index (χ4n) is 3.94. The van der Waals surface area contributed by atoms with Crippen molar-refractivity contribution in [3.8, 4) is 0 Å². The Labute approximate surface area is 129 Å². The Hall–Kier alpha value is -0.610. The van der Waals surface area contributed by atoms with Crippen LogP contribution in [0.2, 0.25) is 0 Å². The molecule has 2 aliphatic rings. The SMILES string of the molecule is CCN(C(=O)CN1CCCC(C(C)O)C1)C1CCCCC1. The number of likely N-dealkylation sites (tertiary alicyclic amines) is 1. The molecule has 0 spiro atoms. The number of hydrogen-bond acceptors (Lipinski definition) is 3. The average molecular weight is 296 g/mol. The zero-order valence-electron chi connectivity index (χ0n) is 13.8. The van der Waals surface area contributed by atoms with E-state index in [1.54, 1.807) is 0 Å². The monoisotopic (exact) mass is 296 g/mol. The van der Waals surface area contributed by atoms with E-state index in [4.69, 9.17) is 0 Å². The number of aliphatic hydroxyl groups is 1. The van der Waals surface area contributed by atoms with Crippen LogP contribution < -0.4 is 0 Å². The van der Waals surface area contributed by atoms with E-state index in [0.29, 0.717) is 18.5 Å². The number of amides is 1. The number of aliphatic hydroxyl groups excluding tert-OH is 1. The van der Waals surface area contributed by atoms with Gasteiger partial charge in [-0.05, 0) is 52.0 Å². The minimum Gasteiger partial charge on any atom is -0.393 e. The van der Waals surface area contributed by atoms with E-state index < -0.39 is 0 Å². The lowest BCUT2D eigenvalue weighted by atomic mass is 9.93. The van der Waals surface area contributed by atoms with Crippen molar-refractivity contribution in [2.45, 2.75) is 70.9 Å². The zero-order valence-corrected chi connectivity index (χ0v) is 13.8. The second-order valence-electron chi connectivity index (χ2n) is 6.85. The van der Waals surface area contributed by atoms with Crippen LogP contribution in [0.3, 0.4) is 0 Å². The van der Waals surface area contributed by atoms with E-state index in [1.165, 1.54) is 32.1 Å². The first-order chi connectivity index (χ1) is 10.1. The smallest absolute Gasteiger partial charge is 0.236 e. The number of carbonyl (C=O) groups is 1. The van der Waals surface area contributed by atoms with Crippen molar-refractivity contribution >= 4 is 5.91 Å². The first-order valence-corrected chi connectivity index (χ1v) is 8.81. The summed E-state index contributed by atoms with van der Waals surface area (Å²) in [6, 6.07) is 0.466.